The van der Waals surface area contributed by atoms with Crippen LogP contribution in [0.3, 0.4) is 0 Å². The van der Waals surface area contributed by atoms with Crippen LogP contribution in [0.2, 0.25) is 0 Å². The Labute approximate surface area is 103 Å². The molecule has 5 nitrogen and oxygen atoms in total. The van der Waals surface area contributed by atoms with Gasteiger partial charge in [0.25, 0.3) is 0 Å². The maximum Gasteiger partial charge on any atom is 0.407 e. The van der Waals surface area contributed by atoms with Crippen molar-refractivity contribution in [1.29, 1.82) is 0 Å². The van der Waals surface area contributed by atoms with E-state index in [9.17, 15) is 9.90 Å². The van der Waals surface area contributed by atoms with Crippen molar-refractivity contribution in [3.63, 3.8) is 0 Å². The number of rotatable bonds is 1. The minimum absolute atomic E-state index is 0.234. The molecule has 17 heavy (non-hydrogen) atoms. The Morgan fingerprint density at radius 1 is 1.41 bits per heavy atom. The molecule has 0 spiro atoms. The van der Waals surface area contributed by atoms with Crippen molar-refractivity contribution in [2.45, 2.75) is 64.3 Å². The lowest BCUT2D eigenvalue weighted by Crippen LogP contribution is -2.47. The Morgan fingerprint density at radius 2 is 2.06 bits per heavy atom. The molecule has 5 heteroatoms. The molecule has 1 fully saturated rings. The molecule has 0 aromatic rings. The molecule has 1 aliphatic heterocycles. The topological polar surface area (TPSA) is 70.6 Å². The lowest BCUT2D eigenvalue weighted by Gasteiger charge is -2.25. The van der Waals surface area contributed by atoms with Crippen LogP contribution < -0.4 is 10.6 Å². The second-order valence-electron chi connectivity index (χ2n) is 5.71. The van der Waals surface area contributed by atoms with E-state index >= 15 is 0 Å². The first-order valence-corrected chi connectivity index (χ1v) is 6.19. The Morgan fingerprint density at radius 3 is 2.65 bits per heavy atom. The fraction of sp³-hybridized carbons (Fsp3) is 0.917. The van der Waals surface area contributed by atoms with E-state index in [-0.39, 0.29) is 6.04 Å². The molecule has 1 amide bonds. The smallest absolute Gasteiger partial charge is 0.407 e. The van der Waals surface area contributed by atoms with Crippen molar-refractivity contribution in [1.82, 2.24) is 10.6 Å². The van der Waals surface area contributed by atoms with Crippen LogP contribution in [-0.4, -0.2) is 41.5 Å². The highest BCUT2D eigenvalue weighted by Gasteiger charge is 2.27. The van der Waals surface area contributed by atoms with Gasteiger partial charge in [-0.3, -0.25) is 0 Å². The number of ether oxygens (including phenoxy) is 1. The molecular weight excluding hydrogens is 220 g/mol. The zero-order valence-corrected chi connectivity index (χ0v) is 11.1. The van der Waals surface area contributed by atoms with Gasteiger partial charge in [-0.25, -0.2) is 4.79 Å². The molecular formula is C12H24N2O3. The molecule has 100 valence electrons. The molecule has 1 saturated heterocycles. The Bertz CT molecular complexity index is 263. The van der Waals surface area contributed by atoms with Crippen molar-refractivity contribution in [2.75, 3.05) is 6.54 Å². The molecule has 3 N–H and O–H groups in total. The standard InChI is InChI=1S/C12H24N2O3/c1-8-5-6-9(10(15)7-13-8)14-11(16)17-12(2,3)4/h8-10,13,15H,5-7H2,1-4H3,(H,14,16)/t8-,9-,10-/m1/s1. The summed E-state index contributed by atoms with van der Waals surface area (Å²) in [5, 5.41) is 15.8. The van der Waals surface area contributed by atoms with Gasteiger partial charge in [-0.1, -0.05) is 0 Å². The van der Waals surface area contributed by atoms with Crippen LogP contribution in [0.15, 0.2) is 0 Å². The zero-order chi connectivity index (χ0) is 13.1. The summed E-state index contributed by atoms with van der Waals surface area (Å²) >= 11 is 0. The molecule has 0 bridgehead atoms. The molecule has 0 unspecified atom stereocenters. The van der Waals surface area contributed by atoms with Crippen molar-refractivity contribution in [3.8, 4) is 0 Å². The number of carbonyl (C=O) groups excluding carboxylic acids is 1. The number of hydrogen-bond acceptors (Lipinski definition) is 4. The van der Waals surface area contributed by atoms with Gasteiger partial charge in [-0.15, -0.1) is 0 Å². The minimum Gasteiger partial charge on any atom is -0.444 e. The maximum absolute atomic E-state index is 11.6. The summed E-state index contributed by atoms with van der Waals surface area (Å²) in [7, 11) is 0. The van der Waals surface area contributed by atoms with Crippen LogP contribution in [0.5, 0.6) is 0 Å². The predicted molar refractivity (Wildman–Crippen MR) is 65.9 cm³/mol. The van der Waals surface area contributed by atoms with Gasteiger partial charge in [0.2, 0.25) is 0 Å². The lowest BCUT2D eigenvalue weighted by atomic mass is 10.1. The molecule has 0 aliphatic carbocycles. The third-order valence-electron chi connectivity index (χ3n) is 2.75. The van der Waals surface area contributed by atoms with Crippen LogP contribution in [0.25, 0.3) is 0 Å². The van der Waals surface area contributed by atoms with Crippen molar-refractivity contribution in [3.05, 3.63) is 0 Å². The number of aliphatic hydroxyl groups is 1. The molecule has 0 aromatic heterocycles. The first-order valence-electron chi connectivity index (χ1n) is 6.19. The fourth-order valence-corrected chi connectivity index (χ4v) is 1.82. The Kier molecular flexibility index (Phi) is 4.77. The summed E-state index contributed by atoms with van der Waals surface area (Å²) < 4.78 is 5.17. The third kappa shape index (κ3) is 5.37. The number of amides is 1. The van der Waals surface area contributed by atoms with Crippen molar-refractivity contribution < 1.29 is 14.6 Å². The fourth-order valence-electron chi connectivity index (χ4n) is 1.82. The number of carbonyl (C=O) groups is 1. The Balaban J connectivity index is 2.46. The number of nitrogens with one attached hydrogen (secondary N) is 2. The molecule has 3 atom stereocenters. The summed E-state index contributed by atoms with van der Waals surface area (Å²) in [6.45, 7) is 8.03. The molecule has 0 radical (unpaired) electrons. The summed E-state index contributed by atoms with van der Waals surface area (Å²) in [6, 6.07) is 0.136. The van der Waals surface area contributed by atoms with Gasteiger partial charge in [0, 0.05) is 12.6 Å². The molecule has 1 aliphatic rings. The van der Waals surface area contributed by atoms with Crippen molar-refractivity contribution >= 4 is 6.09 Å². The minimum atomic E-state index is -0.563. The number of hydrogen-bond donors (Lipinski definition) is 3. The first-order chi connectivity index (χ1) is 7.78. The first kappa shape index (κ1) is 14.3. The van der Waals surface area contributed by atoms with Gasteiger partial charge in [-0.2, -0.15) is 0 Å². The van der Waals surface area contributed by atoms with E-state index in [0.717, 1.165) is 12.8 Å². The SMILES string of the molecule is C[C@@H]1CC[C@@H](NC(=O)OC(C)(C)C)[C@H](O)CN1. The van der Waals surface area contributed by atoms with Gasteiger partial charge < -0.3 is 20.5 Å². The van der Waals surface area contributed by atoms with Crippen LogP contribution in [-0.2, 0) is 4.74 Å². The third-order valence-corrected chi connectivity index (χ3v) is 2.75. The van der Waals surface area contributed by atoms with E-state index < -0.39 is 17.8 Å². The maximum atomic E-state index is 11.6. The van der Waals surface area contributed by atoms with Crippen LogP contribution in [0.4, 0.5) is 4.79 Å². The quantitative estimate of drug-likeness (QED) is 0.644. The predicted octanol–water partition coefficient (Wildman–Crippen LogP) is 1.01. The van der Waals surface area contributed by atoms with E-state index in [1.807, 2.05) is 20.8 Å². The molecule has 1 heterocycles. The molecule has 0 saturated carbocycles. The van der Waals surface area contributed by atoms with Crippen LogP contribution >= 0.6 is 0 Å². The number of β-amino-alcohol motifs (C(OH)–C–C–N with tert-alkyl or cyclic N) is 1. The average Bonchev–Trinajstić information content (AvgIpc) is 2.30. The molecule has 1 rings (SSSR count). The average molecular weight is 244 g/mol. The zero-order valence-electron chi connectivity index (χ0n) is 11.1. The van der Waals surface area contributed by atoms with Gasteiger partial charge in [-0.05, 0) is 40.5 Å². The number of aliphatic hydroxyl groups excluding tert-OH is 1. The summed E-state index contributed by atoms with van der Waals surface area (Å²) in [5.41, 5.74) is -0.509. The van der Waals surface area contributed by atoms with E-state index in [1.165, 1.54) is 0 Å². The second kappa shape index (κ2) is 5.69. The monoisotopic (exact) mass is 244 g/mol. The number of alkyl carbamates (subject to hydrolysis) is 1. The lowest BCUT2D eigenvalue weighted by molar-refractivity contribution is 0.0426. The highest BCUT2D eigenvalue weighted by Crippen LogP contribution is 2.12. The second-order valence-corrected chi connectivity index (χ2v) is 5.71. The van der Waals surface area contributed by atoms with Gasteiger partial charge in [0.05, 0.1) is 12.1 Å². The Hall–Kier alpha value is -0.810. The van der Waals surface area contributed by atoms with Crippen LogP contribution in [0.1, 0.15) is 40.5 Å². The van der Waals surface area contributed by atoms with Crippen LogP contribution in [0, 0.1) is 0 Å². The van der Waals surface area contributed by atoms with Gasteiger partial charge in [0.15, 0.2) is 0 Å². The van der Waals surface area contributed by atoms with Crippen molar-refractivity contribution in [2.24, 2.45) is 0 Å². The largest absolute Gasteiger partial charge is 0.444 e. The van der Waals surface area contributed by atoms with E-state index in [2.05, 4.69) is 17.6 Å². The summed E-state index contributed by atoms with van der Waals surface area (Å²) in [6.07, 6.45) is 0.662. The van der Waals surface area contributed by atoms with Gasteiger partial charge >= 0.3 is 6.09 Å². The normalized spacial score (nSPS) is 30.5. The van der Waals surface area contributed by atoms with Gasteiger partial charge in [0.1, 0.15) is 5.60 Å². The summed E-state index contributed by atoms with van der Waals surface area (Å²) in [4.78, 5) is 11.6. The highest BCUT2D eigenvalue weighted by molar-refractivity contribution is 5.68. The van der Waals surface area contributed by atoms with E-state index in [4.69, 9.17) is 4.74 Å². The highest BCUT2D eigenvalue weighted by atomic mass is 16.6. The van der Waals surface area contributed by atoms with E-state index in [1.54, 1.807) is 0 Å². The molecule has 0 aromatic carbocycles. The summed E-state index contributed by atoms with van der Waals surface area (Å²) in [5.74, 6) is 0. The van der Waals surface area contributed by atoms with E-state index in [0.29, 0.717) is 12.6 Å².